The van der Waals surface area contributed by atoms with Gasteiger partial charge >= 0.3 is 0 Å². The predicted molar refractivity (Wildman–Crippen MR) is 69.7 cm³/mol. The maximum atomic E-state index is 5.53. The first-order chi connectivity index (χ1) is 7.60. The molecule has 0 aromatic heterocycles. The summed E-state index contributed by atoms with van der Waals surface area (Å²) >= 11 is 4.45. The van der Waals surface area contributed by atoms with Gasteiger partial charge in [0.25, 0.3) is 0 Å². The minimum absolute atomic E-state index is 0.0318. The van der Waals surface area contributed by atoms with E-state index in [1.807, 2.05) is 44.0 Å². The summed E-state index contributed by atoms with van der Waals surface area (Å²) in [4.78, 5) is 2.93. The Morgan fingerprint density at radius 2 is 2.12 bits per heavy atom. The molecule has 0 radical (unpaired) electrons. The third kappa shape index (κ3) is 3.06. The lowest BCUT2D eigenvalue weighted by Crippen LogP contribution is -2.31. The van der Waals surface area contributed by atoms with Gasteiger partial charge in [-0.2, -0.15) is 0 Å². The molecule has 0 saturated heterocycles. The van der Waals surface area contributed by atoms with Crippen molar-refractivity contribution in [3.8, 4) is 5.75 Å². The second-order valence-electron chi connectivity index (χ2n) is 3.52. The van der Waals surface area contributed by atoms with Crippen molar-refractivity contribution >= 4 is 18.3 Å². The van der Waals surface area contributed by atoms with Crippen molar-refractivity contribution in [2.75, 3.05) is 25.7 Å². The van der Waals surface area contributed by atoms with E-state index in [4.69, 9.17) is 9.47 Å². The molecule has 1 atom stereocenters. The van der Waals surface area contributed by atoms with E-state index in [9.17, 15) is 0 Å². The highest BCUT2D eigenvalue weighted by Gasteiger charge is 2.12. The second-order valence-corrected chi connectivity index (χ2v) is 4.00. The summed E-state index contributed by atoms with van der Waals surface area (Å²) < 4.78 is 10.7. The summed E-state index contributed by atoms with van der Waals surface area (Å²) in [6.07, 6.45) is 0.0318. The van der Waals surface area contributed by atoms with Crippen molar-refractivity contribution in [1.29, 1.82) is 0 Å². The van der Waals surface area contributed by atoms with Crippen molar-refractivity contribution in [3.63, 3.8) is 0 Å². The van der Waals surface area contributed by atoms with Crippen LogP contribution in [0.4, 0.5) is 5.69 Å². The molecule has 0 saturated carbocycles. The Kier molecular flexibility index (Phi) is 4.96. The van der Waals surface area contributed by atoms with Crippen LogP contribution in [0, 0.1) is 0 Å². The average molecular weight is 241 g/mol. The summed E-state index contributed by atoms with van der Waals surface area (Å²) in [5.74, 6) is 0.811. The van der Waals surface area contributed by atoms with Crippen LogP contribution in [0.3, 0.4) is 0 Å². The van der Waals surface area contributed by atoms with Crippen LogP contribution in [0.2, 0.25) is 0 Å². The van der Waals surface area contributed by atoms with Gasteiger partial charge in [0.05, 0.1) is 12.8 Å². The zero-order valence-corrected chi connectivity index (χ0v) is 11.1. The van der Waals surface area contributed by atoms with Crippen LogP contribution in [0.5, 0.6) is 5.75 Å². The lowest BCUT2D eigenvalue weighted by molar-refractivity contribution is 0.0769. The second kappa shape index (κ2) is 6.01. The number of thiol groups is 1. The molecule has 0 spiro atoms. The van der Waals surface area contributed by atoms with E-state index in [2.05, 4.69) is 12.6 Å². The van der Waals surface area contributed by atoms with E-state index in [1.54, 1.807) is 7.11 Å². The Morgan fingerprint density at radius 1 is 1.44 bits per heavy atom. The first-order valence-electron chi connectivity index (χ1n) is 5.31. The quantitative estimate of drug-likeness (QED) is 0.633. The average Bonchev–Trinajstić information content (AvgIpc) is 2.28. The van der Waals surface area contributed by atoms with Gasteiger partial charge in [0, 0.05) is 18.6 Å². The third-order valence-electron chi connectivity index (χ3n) is 2.52. The topological polar surface area (TPSA) is 21.7 Å². The van der Waals surface area contributed by atoms with Crippen molar-refractivity contribution in [2.24, 2.45) is 0 Å². The standard InChI is InChI=1S/C12H19NO2S/c1-5-15-9(2)13(3)11-7-6-10(14-4)8-12(11)16/h6-9,16H,5H2,1-4H3. The van der Waals surface area contributed by atoms with Crippen LogP contribution in [0.15, 0.2) is 23.1 Å². The van der Waals surface area contributed by atoms with E-state index in [0.29, 0.717) is 6.61 Å². The molecule has 1 aromatic rings. The summed E-state index contributed by atoms with van der Waals surface area (Å²) in [6.45, 7) is 4.70. The molecule has 4 heteroatoms. The first-order valence-corrected chi connectivity index (χ1v) is 5.76. The molecular weight excluding hydrogens is 222 g/mol. The largest absolute Gasteiger partial charge is 0.497 e. The van der Waals surface area contributed by atoms with Gasteiger partial charge in [-0.3, -0.25) is 0 Å². The molecule has 90 valence electrons. The molecule has 0 bridgehead atoms. The number of rotatable bonds is 5. The van der Waals surface area contributed by atoms with E-state index < -0.39 is 0 Å². The Bertz CT molecular complexity index is 344. The molecule has 0 aliphatic carbocycles. The number of anilines is 1. The molecule has 1 aromatic carbocycles. The number of ether oxygens (including phenoxy) is 2. The van der Waals surface area contributed by atoms with Crippen molar-refractivity contribution in [2.45, 2.75) is 25.0 Å². The van der Waals surface area contributed by atoms with Crippen LogP contribution in [-0.4, -0.2) is 27.0 Å². The van der Waals surface area contributed by atoms with Crippen molar-refractivity contribution in [3.05, 3.63) is 18.2 Å². The maximum Gasteiger partial charge on any atom is 0.127 e. The van der Waals surface area contributed by atoms with E-state index >= 15 is 0 Å². The molecule has 0 heterocycles. The van der Waals surface area contributed by atoms with Crippen LogP contribution < -0.4 is 9.64 Å². The van der Waals surface area contributed by atoms with Crippen LogP contribution in [-0.2, 0) is 4.74 Å². The smallest absolute Gasteiger partial charge is 0.127 e. The number of methoxy groups -OCH3 is 1. The van der Waals surface area contributed by atoms with Gasteiger partial charge < -0.3 is 14.4 Å². The molecule has 16 heavy (non-hydrogen) atoms. The molecule has 0 fully saturated rings. The molecule has 3 nitrogen and oxygen atoms in total. The monoisotopic (exact) mass is 241 g/mol. The zero-order chi connectivity index (χ0) is 12.1. The van der Waals surface area contributed by atoms with Gasteiger partial charge in [-0.25, -0.2) is 0 Å². The summed E-state index contributed by atoms with van der Waals surface area (Å²) in [5.41, 5.74) is 1.03. The molecule has 0 N–H and O–H groups in total. The molecule has 0 aliphatic heterocycles. The number of hydrogen-bond donors (Lipinski definition) is 1. The van der Waals surface area contributed by atoms with Crippen molar-refractivity contribution in [1.82, 2.24) is 0 Å². The van der Waals surface area contributed by atoms with Crippen LogP contribution in [0.1, 0.15) is 13.8 Å². The number of benzene rings is 1. The van der Waals surface area contributed by atoms with Crippen LogP contribution in [0.25, 0.3) is 0 Å². The Morgan fingerprint density at radius 3 is 2.62 bits per heavy atom. The summed E-state index contributed by atoms with van der Waals surface area (Å²) in [7, 11) is 3.64. The SMILES string of the molecule is CCOC(C)N(C)c1ccc(OC)cc1S. The van der Waals surface area contributed by atoms with Gasteiger partial charge in [-0.05, 0) is 32.0 Å². The normalized spacial score (nSPS) is 12.3. The number of nitrogens with zero attached hydrogens (tertiary/aromatic N) is 1. The van der Waals surface area contributed by atoms with Gasteiger partial charge in [-0.15, -0.1) is 12.6 Å². The fourth-order valence-corrected chi connectivity index (χ4v) is 1.84. The van der Waals surface area contributed by atoms with E-state index in [-0.39, 0.29) is 6.23 Å². The van der Waals surface area contributed by atoms with Gasteiger partial charge in [-0.1, -0.05) is 0 Å². The molecular formula is C12H19NO2S. The summed E-state index contributed by atoms with van der Waals surface area (Å²) in [5, 5.41) is 0. The van der Waals surface area contributed by atoms with Gasteiger partial charge in [0.15, 0.2) is 0 Å². The summed E-state index contributed by atoms with van der Waals surface area (Å²) in [6, 6.07) is 5.80. The number of hydrogen-bond acceptors (Lipinski definition) is 4. The Balaban J connectivity index is 2.87. The third-order valence-corrected chi connectivity index (χ3v) is 2.87. The van der Waals surface area contributed by atoms with E-state index in [1.165, 1.54) is 0 Å². The minimum Gasteiger partial charge on any atom is -0.497 e. The van der Waals surface area contributed by atoms with Crippen LogP contribution >= 0.6 is 12.6 Å². The van der Waals surface area contributed by atoms with Gasteiger partial charge in [0.1, 0.15) is 12.0 Å². The minimum atomic E-state index is 0.0318. The molecule has 0 amide bonds. The fraction of sp³-hybridized carbons (Fsp3) is 0.500. The molecule has 1 unspecified atom stereocenters. The lowest BCUT2D eigenvalue weighted by Gasteiger charge is -2.27. The zero-order valence-electron chi connectivity index (χ0n) is 10.2. The first kappa shape index (κ1) is 13.2. The molecule has 0 aliphatic rings. The highest BCUT2D eigenvalue weighted by molar-refractivity contribution is 7.80. The Hall–Kier alpha value is -0.870. The van der Waals surface area contributed by atoms with E-state index in [0.717, 1.165) is 16.3 Å². The van der Waals surface area contributed by atoms with Gasteiger partial charge in [0.2, 0.25) is 0 Å². The highest BCUT2D eigenvalue weighted by atomic mass is 32.1. The van der Waals surface area contributed by atoms with Crippen molar-refractivity contribution < 1.29 is 9.47 Å². The fourth-order valence-electron chi connectivity index (χ4n) is 1.48. The lowest BCUT2D eigenvalue weighted by atomic mass is 10.2. The highest BCUT2D eigenvalue weighted by Crippen LogP contribution is 2.28. The predicted octanol–water partition coefficient (Wildman–Crippen LogP) is 2.80. The maximum absolute atomic E-state index is 5.53. The molecule has 1 rings (SSSR count). The Labute approximate surface area is 103 Å².